The van der Waals surface area contributed by atoms with E-state index in [1.807, 2.05) is 0 Å². The van der Waals surface area contributed by atoms with Crippen molar-refractivity contribution < 1.29 is 24.8 Å². The van der Waals surface area contributed by atoms with Crippen molar-refractivity contribution in [1.82, 2.24) is 0 Å². The lowest BCUT2D eigenvalue weighted by molar-refractivity contribution is -0.321. The maximum Gasteiger partial charge on any atom is 0.187 e. The third-order valence-corrected chi connectivity index (χ3v) is 8.52. The molecule has 150 valence electrons. The van der Waals surface area contributed by atoms with Gasteiger partial charge < -0.3 is 24.8 Å². The normalized spacial score (nSPS) is 59.2. The highest BCUT2D eigenvalue weighted by atomic mass is 16.7. The first-order valence-corrected chi connectivity index (χ1v) is 10.5. The lowest BCUT2D eigenvalue weighted by atomic mass is 9.69. The monoisotopic (exact) mass is 368 g/mol. The molecule has 4 rings (SSSR count). The Morgan fingerprint density at radius 3 is 2.35 bits per heavy atom. The molecule has 3 aliphatic carbocycles. The molecular formula is C21H36O5. The summed E-state index contributed by atoms with van der Waals surface area (Å²) in [7, 11) is 0. The topological polar surface area (TPSA) is 79.2 Å². The molecule has 1 saturated heterocycles. The number of aliphatic hydroxyl groups is 3. The highest BCUT2D eigenvalue weighted by molar-refractivity contribution is 5.26. The van der Waals surface area contributed by atoms with Gasteiger partial charge in [0.05, 0.1) is 11.7 Å². The Hall–Kier alpha value is -0.200. The summed E-state index contributed by atoms with van der Waals surface area (Å²) < 4.78 is 12.2. The number of hydrogen-bond acceptors (Lipinski definition) is 5. The summed E-state index contributed by atoms with van der Waals surface area (Å²) in [5.74, 6) is 3.38. The fraction of sp³-hybridized carbons (Fsp3) is 1.00. The van der Waals surface area contributed by atoms with Crippen molar-refractivity contribution in [3.05, 3.63) is 0 Å². The second-order valence-corrected chi connectivity index (χ2v) is 10.1. The van der Waals surface area contributed by atoms with Gasteiger partial charge in [0.15, 0.2) is 6.29 Å². The minimum Gasteiger partial charge on any atom is -0.388 e. The molecule has 1 unspecified atom stereocenters. The fourth-order valence-corrected chi connectivity index (χ4v) is 7.05. The zero-order chi connectivity index (χ0) is 19.0. The van der Waals surface area contributed by atoms with Crippen LogP contribution in [0.1, 0.15) is 60.3 Å². The highest BCUT2D eigenvalue weighted by Crippen LogP contribution is 2.81. The van der Waals surface area contributed by atoms with Crippen LogP contribution in [0.3, 0.4) is 0 Å². The smallest absolute Gasteiger partial charge is 0.187 e. The van der Waals surface area contributed by atoms with Crippen LogP contribution in [0.5, 0.6) is 0 Å². The lowest BCUT2D eigenvalue weighted by Gasteiger charge is -2.43. The van der Waals surface area contributed by atoms with Crippen LogP contribution >= 0.6 is 0 Å². The highest BCUT2D eigenvalue weighted by Gasteiger charge is 2.79. The van der Waals surface area contributed by atoms with Gasteiger partial charge in [0.1, 0.15) is 18.3 Å². The van der Waals surface area contributed by atoms with Crippen molar-refractivity contribution in [3.8, 4) is 0 Å². The molecule has 0 amide bonds. The average Bonchev–Trinajstić information content (AvgIpc) is 3.19. The Balaban J connectivity index is 1.55. The predicted molar refractivity (Wildman–Crippen MR) is 97.2 cm³/mol. The summed E-state index contributed by atoms with van der Waals surface area (Å²) in [5.41, 5.74) is 0.0646. The molecule has 11 atom stereocenters. The van der Waals surface area contributed by atoms with Crippen LogP contribution in [-0.2, 0) is 9.47 Å². The summed E-state index contributed by atoms with van der Waals surface area (Å²) in [6.07, 6.45) is -0.184. The average molecular weight is 369 g/mol. The number of hydrogen-bond donors (Lipinski definition) is 3. The van der Waals surface area contributed by atoms with Crippen LogP contribution in [0.4, 0.5) is 0 Å². The Bertz CT molecular complexity index is 553. The standard InChI is InChI=1S/C21H36O5/c1-10(2)13-7-6-11(3)21-9-8-20(5,18(21)14(13)21)26-19-17(24)16(23)15(22)12(4)25-19/h10-19,22-24H,6-9H2,1-5H3/t11-,12-,13+,14-,15+,16+,17-,18+,19+,20-,21?/m1/s1. The molecule has 4 aliphatic rings. The minimum absolute atomic E-state index is 0.330. The third kappa shape index (κ3) is 2.47. The largest absolute Gasteiger partial charge is 0.388 e. The van der Waals surface area contributed by atoms with E-state index in [0.717, 1.165) is 18.3 Å². The van der Waals surface area contributed by atoms with Crippen molar-refractivity contribution in [2.24, 2.45) is 35.0 Å². The van der Waals surface area contributed by atoms with Crippen molar-refractivity contribution in [2.75, 3.05) is 0 Å². The van der Waals surface area contributed by atoms with Gasteiger partial charge in [0, 0.05) is 0 Å². The van der Waals surface area contributed by atoms with Gasteiger partial charge >= 0.3 is 0 Å². The molecule has 0 aromatic rings. The van der Waals surface area contributed by atoms with Crippen molar-refractivity contribution >= 4 is 0 Å². The van der Waals surface area contributed by atoms with Crippen LogP contribution in [0, 0.1) is 35.0 Å². The quantitative estimate of drug-likeness (QED) is 0.666. The van der Waals surface area contributed by atoms with Crippen molar-refractivity contribution in [3.63, 3.8) is 0 Å². The second-order valence-electron chi connectivity index (χ2n) is 10.1. The van der Waals surface area contributed by atoms with E-state index in [1.165, 1.54) is 19.3 Å². The van der Waals surface area contributed by atoms with Gasteiger partial charge in [-0.1, -0.05) is 20.8 Å². The maximum atomic E-state index is 10.4. The van der Waals surface area contributed by atoms with E-state index < -0.39 is 30.7 Å². The van der Waals surface area contributed by atoms with Gasteiger partial charge in [-0.15, -0.1) is 0 Å². The zero-order valence-corrected chi connectivity index (χ0v) is 16.8. The first-order chi connectivity index (χ1) is 12.1. The molecule has 1 spiro atoms. The molecule has 0 aromatic carbocycles. The Morgan fingerprint density at radius 2 is 1.69 bits per heavy atom. The first kappa shape index (κ1) is 19.1. The Kier molecular flexibility index (Phi) is 4.52. The van der Waals surface area contributed by atoms with Crippen LogP contribution in [0.15, 0.2) is 0 Å². The zero-order valence-electron chi connectivity index (χ0n) is 16.8. The van der Waals surface area contributed by atoms with E-state index >= 15 is 0 Å². The van der Waals surface area contributed by atoms with E-state index in [9.17, 15) is 15.3 Å². The van der Waals surface area contributed by atoms with Gasteiger partial charge in [-0.3, -0.25) is 0 Å². The van der Waals surface area contributed by atoms with Crippen LogP contribution in [-0.4, -0.2) is 51.6 Å². The molecule has 1 aliphatic heterocycles. The van der Waals surface area contributed by atoms with Crippen LogP contribution < -0.4 is 0 Å². The second kappa shape index (κ2) is 6.15. The summed E-state index contributed by atoms with van der Waals surface area (Å²) in [5, 5.41) is 30.4. The lowest BCUT2D eigenvalue weighted by Crippen LogP contribution is -2.59. The summed E-state index contributed by atoms with van der Waals surface area (Å²) >= 11 is 0. The molecule has 3 saturated carbocycles. The molecule has 26 heavy (non-hydrogen) atoms. The van der Waals surface area contributed by atoms with Crippen molar-refractivity contribution in [2.45, 2.75) is 96.6 Å². The summed E-state index contributed by atoms with van der Waals surface area (Å²) in [6, 6.07) is 0. The molecule has 3 N–H and O–H groups in total. The molecule has 5 heteroatoms. The minimum atomic E-state index is -1.23. The van der Waals surface area contributed by atoms with Gasteiger partial charge in [0.25, 0.3) is 0 Å². The molecule has 0 radical (unpaired) electrons. The van der Waals surface area contributed by atoms with E-state index in [-0.39, 0.29) is 5.60 Å². The molecule has 0 bridgehead atoms. The van der Waals surface area contributed by atoms with Gasteiger partial charge in [-0.05, 0) is 74.5 Å². The van der Waals surface area contributed by atoms with Crippen molar-refractivity contribution in [1.29, 1.82) is 0 Å². The molecule has 5 nitrogen and oxygen atoms in total. The van der Waals surface area contributed by atoms with E-state index in [4.69, 9.17) is 9.47 Å². The fourth-order valence-electron chi connectivity index (χ4n) is 7.05. The van der Waals surface area contributed by atoms with E-state index in [2.05, 4.69) is 27.7 Å². The Morgan fingerprint density at radius 1 is 1.00 bits per heavy atom. The predicted octanol–water partition coefficient (Wildman–Crippen LogP) is 2.32. The van der Waals surface area contributed by atoms with Crippen LogP contribution in [0.25, 0.3) is 0 Å². The number of rotatable bonds is 3. The molecular weight excluding hydrogens is 332 g/mol. The number of aliphatic hydroxyl groups excluding tert-OH is 3. The van der Waals surface area contributed by atoms with Gasteiger partial charge in [-0.25, -0.2) is 0 Å². The molecule has 1 heterocycles. The SMILES string of the molecule is CC(C)[C@@H]1CC[C@@H](C)C23CC[C@@](C)(O[C@@H]4O[C@H](C)[C@H](O)[C@H](O)[C@H]4O)[C@@H]2[C@@H]13. The number of fused-ring (bicyclic) bond motifs is 1. The number of ether oxygens (including phenoxy) is 2. The molecule has 4 fully saturated rings. The maximum absolute atomic E-state index is 10.4. The molecule has 0 aromatic heterocycles. The summed E-state index contributed by atoms with van der Waals surface area (Å²) in [4.78, 5) is 0. The van der Waals surface area contributed by atoms with Gasteiger partial charge in [-0.2, -0.15) is 0 Å². The first-order valence-electron chi connectivity index (χ1n) is 10.5. The Labute approximate surface area is 157 Å². The summed E-state index contributed by atoms with van der Waals surface area (Å²) in [6.45, 7) is 11.0. The van der Waals surface area contributed by atoms with E-state index in [0.29, 0.717) is 23.2 Å². The van der Waals surface area contributed by atoms with Gasteiger partial charge in [0.2, 0.25) is 0 Å². The van der Waals surface area contributed by atoms with E-state index in [1.54, 1.807) is 6.92 Å². The third-order valence-electron chi connectivity index (χ3n) is 8.52. The van der Waals surface area contributed by atoms with Crippen LogP contribution in [0.2, 0.25) is 0 Å².